The predicted molar refractivity (Wildman–Crippen MR) is 109 cm³/mol. The molecule has 0 aromatic carbocycles. The Morgan fingerprint density at radius 2 is 1.96 bits per heavy atom. The summed E-state index contributed by atoms with van der Waals surface area (Å²) in [5, 5.41) is 14.9. The average Bonchev–Trinajstić information content (AvgIpc) is 3.40. The fourth-order valence-corrected chi connectivity index (χ4v) is 5.41. The van der Waals surface area contributed by atoms with Gasteiger partial charge < -0.3 is 0 Å². The first-order valence-corrected chi connectivity index (χ1v) is 11.5. The van der Waals surface area contributed by atoms with Gasteiger partial charge in [0.25, 0.3) is 0 Å². The van der Waals surface area contributed by atoms with Crippen LogP contribution in [0.2, 0.25) is 0 Å². The molecule has 148 valence electrons. The van der Waals surface area contributed by atoms with Crippen molar-refractivity contribution in [1.82, 2.24) is 30.0 Å². The third-order valence-electron chi connectivity index (χ3n) is 6.19. The first kappa shape index (κ1) is 19.0. The summed E-state index contributed by atoms with van der Waals surface area (Å²) in [4.78, 5) is 6.67. The van der Waals surface area contributed by atoms with Crippen molar-refractivity contribution >= 4 is 11.3 Å². The molecule has 1 unspecified atom stereocenters. The van der Waals surface area contributed by atoms with Crippen molar-refractivity contribution in [1.29, 1.82) is 0 Å². The highest BCUT2D eigenvalue weighted by molar-refractivity contribution is 7.09. The van der Waals surface area contributed by atoms with E-state index in [1.165, 1.54) is 50.1 Å². The molecule has 1 saturated carbocycles. The third-order valence-corrected chi connectivity index (χ3v) is 7.05. The molecule has 1 atom stereocenters. The minimum Gasteiger partial charge on any atom is -0.298 e. The zero-order valence-corrected chi connectivity index (χ0v) is 17.3. The van der Waals surface area contributed by atoms with E-state index in [1.807, 2.05) is 4.68 Å². The Morgan fingerprint density at radius 1 is 1.15 bits per heavy atom. The van der Waals surface area contributed by atoms with Gasteiger partial charge in [0.1, 0.15) is 0 Å². The first-order chi connectivity index (χ1) is 13.3. The van der Waals surface area contributed by atoms with Crippen LogP contribution in [0.5, 0.6) is 0 Å². The summed E-state index contributed by atoms with van der Waals surface area (Å²) in [5.74, 6) is 1.04. The fraction of sp³-hybridized carbons (Fsp3) is 0.750. The lowest BCUT2D eigenvalue weighted by molar-refractivity contribution is 0.0501. The molecule has 1 saturated heterocycles. The summed E-state index contributed by atoms with van der Waals surface area (Å²) in [6.45, 7) is 7.69. The standard InChI is InChI=1S/C20H32N6S/c1-2-7-19(20-21-22-23-26(20)16-18-10-6-15-27-18)25-13-11-24(12-14-25)17-8-4-3-5-9-17/h6,10,15,17,19H,2-5,7-9,11-14,16H2,1H3. The van der Waals surface area contributed by atoms with Crippen LogP contribution >= 0.6 is 11.3 Å². The molecule has 2 aromatic heterocycles. The average molecular weight is 389 g/mol. The van der Waals surface area contributed by atoms with E-state index < -0.39 is 0 Å². The normalized spacial score (nSPS) is 21.5. The minimum absolute atomic E-state index is 0.332. The van der Waals surface area contributed by atoms with E-state index in [9.17, 15) is 0 Å². The van der Waals surface area contributed by atoms with Gasteiger partial charge in [-0.3, -0.25) is 9.80 Å². The molecule has 0 spiro atoms. The van der Waals surface area contributed by atoms with E-state index in [0.717, 1.165) is 44.3 Å². The quantitative estimate of drug-likeness (QED) is 0.726. The van der Waals surface area contributed by atoms with E-state index in [4.69, 9.17) is 0 Å². The third kappa shape index (κ3) is 4.58. The number of rotatable bonds is 7. The Morgan fingerprint density at radius 3 is 2.67 bits per heavy atom. The van der Waals surface area contributed by atoms with Crippen LogP contribution in [0, 0.1) is 0 Å². The molecule has 0 radical (unpaired) electrons. The maximum Gasteiger partial charge on any atom is 0.168 e. The molecule has 2 fully saturated rings. The van der Waals surface area contributed by atoms with Crippen molar-refractivity contribution in [2.45, 2.75) is 70.5 Å². The largest absolute Gasteiger partial charge is 0.298 e. The number of thiophene rings is 1. The van der Waals surface area contributed by atoms with Crippen LogP contribution in [0.4, 0.5) is 0 Å². The van der Waals surface area contributed by atoms with Gasteiger partial charge in [-0.1, -0.05) is 38.7 Å². The zero-order chi connectivity index (χ0) is 18.5. The number of piperazine rings is 1. The van der Waals surface area contributed by atoms with Gasteiger partial charge in [-0.05, 0) is 41.1 Å². The van der Waals surface area contributed by atoms with Crippen molar-refractivity contribution in [3.63, 3.8) is 0 Å². The molecular formula is C20H32N6S. The Kier molecular flexibility index (Phi) is 6.52. The Labute approximate surface area is 166 Å². The molecule has 2 aromatic rings. The minimum atomic E-state index is 0.332. The Bertz CT molecular complexity index is 670. The fourth-order valence-electron chi connectivity index (χ4n) is 4.72. The highest BCUT2D eigenvalue weighted by atomic mass is 32.1. The van der Waals surface area contributed by atoms with Crippen molar-refractivity contribution in [2.75, 3.05) is 26.2 Å². The molecule has 1 aliphatic carbocycles. The van der Waals surface area contributed by atoms with Crippen LogP contribution in [0.3, 0.4) is 0 Å². The molecular weight excluding hydrogens is 356 g/mol. The molecule has 7 heteroatoms. The molecule has 0 N–H and O–H groups in total. The second kappa shape index (κ2) is 9.26. The van der Waals surface area contributed by atoms with E-state index in [2.05, 4.69) is 49.8 Å². The predicted octanol–water partition coefficient (Wildman–Crippen LogP) is 3.57. The molecule has 4 rings (SSSR count). The van der Waals surface area contributed by atoms with Crippen LogP contribution < -0.4 is 0 Å². The van der Waals surface area contributed by atoms with E-state index in [-0.39, 0.29) is 0 Å². The smallest absolute Gasteiger partial charge is 0.168 e. The number of aromatic nitrogens is 4. The molecule has 0 amide bonds. The monoisotopic (exact) mass is 388 g/mol. The second-order valence-corrected chi connectivity index (χ2v) is 8.97. The molecule has 1 aliphatic heterocycles. The summed E-state index contributed by atoms with van der Waals surface area (Å²) in [6.07, 6.45) is 9.34. The first-order valence-electron chi connectivity index (χ1n) is 10.6. The number of nitrogens with zero attached hydrogens (tertiary/aromatic N) is 6. The number of hydrogen-bond donors (Lipinski definition) is 0. The van der Waals surface area contributed by atoms with Gasteiger partial charge in [0, 0.05) is 37.1 Å². The lowest BCUT2D eigenvalue weighted by Crippen LogP contribution is -2.51. The van der Waals surface area contributed by atoms with E-state index in [1.54, 1.807) is 11.3 Å². The summed E-state index contributed by atoms with van der Waals surface area (Å²) in [7, 11) is 0. The maximum absolute atomic E-state index is 4.45. The maximum atomic E-state index is 4.45. The van der Waals surface area contributed by atoms with Gasteiger partial charge in [-0.2, -0.15) is 0 Å². The molecule has 27 heavy (non-hydrogen) atoms. The van der Waals surface area contributed by atoms with Crippen LogP contribution in [0.15, 0.2) is 17.5 Å². The van der Waals surface area contributed by atoms with Crippen molar-refractivity contribution in [3.05, 3.63) is 28.2 Å². The SMILES string of the molecule is CCCC(c1nnnn1Cc1cccs1)N1CCN(C2CCCCC2)CC1. The lowest BCUT2D eigenvalue weighted by Gasteiger charge is -2.43. The van der Waals surface area contributed by atoms with Gasteiger partial charge in [0.2, 0.25) is 0 Å². The van der Waals surface area contributed by atoms with Crippen LogP contribution in [-0.4, -0.2) is 62.2 Å². The van der Waals surface area contributed by atoms with Gasteiger partial charge in [0.05, 0.1) is 12.6 Å². The summed E-state index contributed by atoms with van der Waals surface area (Å²) in [5.41, 5.74) is 0. The summed E-state index contributed by atoms with van der Waals surface area (Å²) in [6, 6.07) is 5.42. The van der Waals surface area contributed by atoms with E-state index in [0.29, 0.717) is 6.04 Å². The highest BCUT2D eigenvalue weighted by Gasteiger charge is 2.31. The lowest BCUT2D eigenvalue weighted by atomic mass is 9.93. The summed E-state index contributed by atoms with van der Waals surface area (Å²) < 4.78 is 2.01. The second-order valence-electron chi connectivity index (χ2n) is 7.94. The van der Waals surface area contributed by atoms with Crippen LogP contribution in [-0.2, 0) is 6.54 Å². The Hall–Kier alpha value is -1.31. The highest BCUT2D eigenvalue weighted by Crippen LogP contribution is 2.28. The van der Waals surface area contributed by atoms with Crippen molar-refractivity contribution in [2.24, 2.45) is 0 Å². The van der Waals surface area contributed by atoms with Crippen LogP contribution in [0.1, 0.15) is 68.6 Å². The van der Waals surface area contributed by atoms with E-state index >= 15 is 0 Å². The van der Waals surface area contributed by atoms with Gasteiger partial charge >= 0.3 is 0 Å². The Balaban J connectivity index is 1.42. The van der Waals surface area contributed by atoms with Gasteiger partial charge in [-0.15, -0.1) is 16.4 Å². The van der Waals surface area contributed by atoms with Crippen LogP contribution in [0.25, 0.3) is 0 Å². The molecule has 0 bridgehead atoms. The molecule has 6 nitrogen and oxygen atoms in total. The topological polar surface area (TPSA) is 50.1 Å². The number of tetrazole rings is 1. The molecule has 2 aliphatic rings. The van der Waals surface area contributed by atoms with Gasteiger partial charge in [0.15, 0.2) is 5.82 Å². The zero-order valence-electron chi connectivity index (χ0n) is 16.5. The van der Waals surface area contributed by atoms with Gasteiger partial charge in [-0.25, -0.2) is 4.68 Å². The summed E-state index contributed by atoms with van der Waals surface area (Å²) >= 11 is 1.77. The van der Waals surface area contributed by atoms with Crippen molar-refractivity contribution < 1.29 is 0 Å². The number of hydrogen-bond acceptors (Lipinski definition) is 6. The molecule has 3 heterocycles. The van der Waals surface area contributed by atoms with Crippen molar-refractivity contribution in [3.8, 4) is 0 Å².